The van der Waals surface area contributed by atoms with Gasteiger partial charge in [-0.2, -0.15) is 8.75 Å². The molecule has 2 heterocycles. The molecule has 0 saturated carbocycles. The number of carbonyl (C=O) groups excluding carboxylic acids is 2. The number of ether oxygens (including phenoxy) is 1. The van der Waals surface area contributed by atoms with Crippen molar-refractivity contribution in [3.8, 4) is 0 Å². The number of likely N-dealkylation sites (tertiary alicyclic amines) is 1. The minimum Gasteiger partial charge on any atom is -0.468 e. The van der Waals surface area contributed by atoms with Crippen molar-refractivity contribution in [3.63, 3.8) is 0 Å². The number of nitrogens with one attached hydrogen (secondary N) is 1. The molecule has 1 amide bonds. The minimum absolute atomic E-state index is 0.140. The summed E-state index contributed by atoms with van der Waals surface area (Å²) in [5.41, 5.74) is 1.42. The Labute approximate surface area is 160 Å². The van der Waals surface area contributed by atoms with Gasteiger partial charge in [0.15, 0.2) is 5.69 Å². The minimum atomic E-state index is -0.376. The van der Waals surface area contributed by atoms with Crippen molar-refractivity contribution in [1.82, 2.24) is 19.0 Å². The van der Waals surface area contributed by atoms with E-state index < -0.39 is 0 Å². The van der Waals surface area contributed by atoms with E-state index in [1.807, 2.05) is 11.2 Å². The number of methoxy groups -OCH3 is 1. The van der Waals surface area contributed by atoms with Crippen LogP contribution in [0.25, 0.3) is 0 Å². The maximum Gasteiger partial charge on any atom is 0.323 e. The summed E-state index contributed by atoms with van der Waals surface area (Å²) in [5, 5.41) is 2.94. The number of carbonyl (C=O) groups is 2. The van der Waals surface area contributed by atoms with Crippen molar-refractivity contribution < 1.29 is 14.3 Å². The lowest BCUT2D eigenvalue weighted by molar-refractivity contribution is -0.146. The van der Waals surface area contributed by atoms with E-state index >= 15 is 0 Å². The Hall–Kier alpha value is -1.97. The van der Waals surface area contributed by atoms with Crippen LogP contribution in [0.2, 0.25) is 0 Å². The van der Waals surface area contributed by atoms with Crippen LogP contribution in [0, 0.1) is 0 Å². The van der Waals surface area contributed by atoms with Crippen molar-refractivity contribution in [2.75, 3.05) is 19.9 Å². The SMILES string of the molecule is COC(=O)[C@@H]1C[C@@H](NC(=O)c2cnsn2)CN1Cc1ccc(SC)cc1. The molecule has 2 atom stereocenters. The fourth-order valence-corrected chi connectivity index (χ4v) is 3.87. The Morgan fingerprint density at radius 3 is 2.77 bits per heavy atom. The molecular formula is C17H20N4O3S2. The first kappa shape index (κ1) is 18.8. The molecule has 3 rings (SSSR count). The smallest absolute Gasteiger partial charge is 0.323 e. The third-order valence-corrected chi connectivity index (χ3v) is 5.57. The summed E-state index contributed by atoms with van der Waals surface area (Å²) in [4.78, 5) is 27.6. The van der Waals surface area contributed by atoms with Gasteiger partial charge in [-0.05, 0) is 30.4 Å². The van der Waals surface area contributed by atoms with Crippen LogP contribution in [0.5, 0.6) is 0 Å². The Balaban J connectivity index is 1.68. The van der Waals surface area contributed by atoms with E-state index in [1.165, 1.54) is 18.2 Å². The van der Waals surface area contributed by atoms with Gasteiger partial charge in [0.2, 0.25) is 0 Å². The Bertz CT molecular complexity index is 752. The first-order valence-electron chi connectivity index (χ1n) is 8.14. The predicted molar refractivity (Wildman–Crippen MR) is 100 cm³/mol. The first-order valence-corrected chi connectivity index (χ1v) is 10.1. The van der Waals surface area contributed by atoms with E-state index in [4.69, 9.17) is 4.74 Å². The Morgan fingerprint density at radius 2 is 2.15 bits per heavy atom. The first-order chi connectivity index (χ1) is 12.6. The Morgan fingerprint density at radius 1 is 1.38 bits per heavy atom. The third-order valence-electron chi connectivity index (χ3n) is 4.35. The summed E-state index contributed by atoms with van der Waals surface area (Å²) >= 11 is 2.68. The molecule has 0 radical (unpaired) electrons. The molecule has 1 aliphatic heterocycles. The number of rotatable bonds is 6. The number of benzene rings is 1. The van der Waals surface area contributed by atoms with Crippen molar-refractivity contribution >= 4 is 35.4 Å². The van der Waals surface area contributed by atoms with Crippen LogP contribution in [0.15, 0.2) is 35.4 Å². The van der Waals surface area contributed by atoms with Crippen LogP contribution in [0.1, 0.15) is 22.5 Å². The molecule has 0 bridgehead atoms. The second-order valence-corrected chi connectivity index (χ2v) is 7.45. The van der Waals surface area contributed by atoms with E-state index in [0.29, 0.717) is 25.2 Å². The number of nitrogens with zero attached hydrogens (tertiary/aromatic N) is 3. The van der Waals surface area contributed by atoms with Gasteiger partial charge in [0.1, 0.15) is 6.04 Å². The fraction of sp³-hybridized carbons (Fsp3) is 0.412. The molecule has 1 fully saturated rings. The summed E-state index contributed by atoms with van der Waals surface area (Å²) in [6, 6.07) is 7.74. The lowest BCUT2D eigenvalue weighted by atomic mass is 10.1. The van der Waals surface area contributed by atoms with E-state index in [2.05, 4.69) is 38.3 Å². The van der Waals surface area contributed by atoms with Crippen molar-refractivity contribution in [3.05, 3.63) is 41.7 Å². The van der Waals surface area contributed by atoms with Gasteiger partial charge in [0, 0.05) is 24.0 Å². The standard InChI is InChI=1S/C17H20N4O3S2/c1-24-17(23)15-7-12(19-16(22)14-8-18-26-20-14)10-21(15)9-11-3-5-13(25-2)6-4-11/h3-6,8,12,15H,7,9-10H2,1-2H3,(H,19,22)/t12-,15+/m1/s1. The summed E-state index contributed by atoms with van der Waals surface area (Å²) in [6.45, 7) is 1.20. The number of esters is 1. The largest absolute Gasteiger partial charge is 0.468 e. The highest BCUT2D eigenvalue weighted by atomic mass is 32.2. The summed E-state index contributed by atoms with van der Waals surface area (Å²) < 4.78 is 12.7. The second kappa shape index (κ2) is 8.61. The van der Waals surface area contributed by atoms with Gasteiger partial charge >= 0.3 is 5.97 Å². The van der Waals surface area contributed by atoms with Gasteiger partial charge in [-0.15, -0.1) is 11.8 Å². The number of amides is 1. The molecule has 1 saturated heterocycles. The predicted octanol–water partition coefficient (Wildman–Crippen LogP) is 1.81. The van der Waals surface area contributed by atoms with Crippen molar-refractivity contribution in [2.24, 2.45) is 0 Å². The van der Waals surface area contributed by atoms with Crippen molar-refractivity contribution in [1.29, 1.82) is 0 Å². The van der Waals surface area contributed by atoms with Gasteiger partial charge in [-0.1, -0.05) is 12.1 Å². The van der Waals surface area contributed by atoms with Crippen LogP contribution in [0.3, 0.4) is 0 Å². The molecule has 0 aliphatic carbocycles. The lowest BCUT2D eigenvalue weighted by Gasteiger charge is -2.22. The molecule has 2 aromatic rings. The molecule has 1 aromatic heterocycles. The number of hydrogen-bond acceptors (Lipinski definition) is 8. The van der Waals surface area contributed by atoms with Gasteiger partial charge in [-0.3, -0.25) is 14.5 Å². The summed E-state index contributed by atoms with van der Waals surface area (Å²) in [7, 11) is 1.39. The van der Waals surface area contributed by atoms with Crippen LogP contribution in [-0.2, 0) is 16.1 Å². The monoisotopic (exact) mass is 392 g/mol. The lowest BCUT2D eigenvalue weighted by Crippen LogP contribution is -2.37. The number of thioether (sulfide) groups is 1. The highest BCUT2D eigenvalue weighted by molar-refractivity contribution is 7.98. The highest BCUT2D eigenvalue weighted by Crippen LogP contribution is 2.23. The number of aromatic nitrogens is 2. The van der Waals surface area contributed by atoms with Gasteiger partial charge in [0.05, 0.1) is 25.0 Å². The zero-order chi connectivity index (χ0) is 18.5. The molecule has 0 spiro atoms. The van der Waals surface area contributed by atoms with E-state index in [-0.39, 0.29) is 24.0 Å². The molecule has 1 N–H and O–H groups in total. The topological polar surface area (TPSA) is 84.4 Å². The molecule has 1 aromatic carbocycles. The van der Waals surface area contributed by atoms with Crippen molar-refractivity contribution in [2.45, 2.75) is 29.9 Å². The molecule has 0 unspecified atom stereocenters. The summed E-state index contributed by atoms with van der Waals surface area (Å²) in [5.74, 6) is -0.545. The normalized spacial score (nSPS) is 20.1. The maximum atomic E-state index is 12.2. The quantitative estimate of drug-likeness (QED) is 0.593. The van der Waals surface area contributed by atoms with Crippen LogP contribution < -0.4 is 5.32 Å². The van der Waals surface area contributed by atoms with Gasteiger partial charge in [-0.25, -0.2) is 0 Å². The zero-order valence-electron chi connectivity index (χ0n) is 14.5. The number of hydrogen-bond donors (Lipinski definition) is 1. The van der Waals surface area contributed by atoms with Gasteiger partial charge in [0.25, 0.3) is 5.91 Å². The molecule has 7 nitrogen and oxygen atoms in total. The van der Waals surface area contributed by atoms with Crippen LogP contribution >= 0.6 is 23.5 Å². The average Bonchev–Trinajstić information content (AvgIpc) is 3.32. The molecule has 26 heavy (non-hydrogen) atoms. The molecular weight excluding hydrogens is 372 g/mol. The third kappa shape index (κ3) is 4.40. The van der Waals surface area contributed by atoms with E-state index in [9.17, 15) is 9.59 Å². The average molecular weight is 393 g/mol. The highest BCUT2D eigenvalue weighted by Gasteiger charge is 2.38. The Kier molecular flexibility index (Phi) is 6.23. The molecule has 9 heteroatoms. The molecule has 1 aliphatic rings. The van der Waals surface area contributed by atoms with E-state index in [1.54, 1.807) is 11.8 Å². The fourth-order valence-electron chi connectivity index (χ4n) is 3.05. The van der Waals surface area contributed by atoms with Gasteiger partial charge < -0.3 is 10.1 Å². The summed E-state index contributed by atoms with van der Waals surface area (Å²) in [6.07, 6.45) is 3.99. The van der Waals surface area contributed by atoms with E-state index in [0.717, 1.165) is 17.3 Å². The van der Waals surface area contributed by atoms with Crippen LogP contribution in [0.4, 0.5) is 0 Å². The second-order valence-electron chi connectivity index (χ2n) is 6.02. The molecule has 138 valence electrons. The zero-order valence-corrected chi connectivity index (χ0v) is 16.2. The van der Waals surface area contributed by atoms with Crippen LogP contribution in [-0.4, -0.2) is 57.5 Å². The maximum absolute atomic E-state index is 12.2.